The predicted molar refractivity (Wildman–Crippen MR) is 70.4 cm³/mol. The van der Waals surface area contributed by atoms with E-state index in [1.54, 1.807) is 13.3 Å². The number of nitrogens with one attached hydrogen (secondary N) is 1. The van der Waals surface area contributed by atoms with Crippen molar-refractivity contribution < 1.29 is 4.74 Å². The Morgan fingerprint density at radius 2 is 2.00 bits per heavy atom. The first-order chi connectivity index (χ1) is 8.22. The largest absolute Gasteiger partial charge is 0.480 e. The van der Waals surface area contributed by atoms with E-state index in [2.05, 4.69) is 24.1 Å². The molecule has 1 aliphatic carbocycles. The number of anilines is 1. The highest BCUT2D eigenvalue weighted by atomic mass is 16.5. The smallest absolute Gasteiger partial charge is 0.237 e. The second-order valence-electron chi connectivity index (χ2n) is 5.12. The quantitative estimate of drug-likeness (QED) is 0.871. The number of hydrogen-bond donors (Lipinski definition) is 1. The van der Waals surface area contributed by atoms with Crippen LogP contribution >= 0.6 is 0 Å². The van der Waals surface area contributed by atoms with E-state index in [9.17, 15) is 0 Å². The molecule has 2 rings (SSSR count). The van der Waals surface area contributed by atoms with Gasteiger partial charge in [-0.2, -0.15) is 0 Å². The van der Waals surface area contributed by atoms with Gasteiger partial charge in [0.2, 0.25) is 5.88 Å². The van der Waals surface area contributed by atoms with Crippen molar-refractivity contribution in [3.05, 3.63) is 18.3 Å². The van der Waals surface area contributed by atoms with Gasteiger partial charge in [0.25, 0.3) is 0 Å². The van der Waals surface area contributed by atoms with E-state index in [0.29, 0.717) is 23.8 Å². The SMILES string of the molecule is COc1ncccc1NC1C(C)CCCC1C. The second kappa shape index (κ2) is 5.39. The molecule has 0 radical (unpaired) electrons. The third kappa shape index (κ3) is 2.71. The van der Waals surface area contributed by atoms with Crippen molar-refractivity contribution in [1.29, 1.82) is 0 Å². The number of pyridine rings is 1. The molecule has 0 bridgehead atoms. The molecule has 1 N–H and O–H groups in total. The zero-order valence-corrected chi connectivity index (χ0v) is 10.9. The van der Waals surface area contributed by atoms with Gasteiger partial charge in [-0.1, -0.05) is 20.3 Å². The summed E-state index contributed by atoms with van der Waals surface area (Å²) >= 11 is 0. The molecule has 0 amide bonds. The number of rotatable bonds is 3. The Labute approximate surface area is 104 Å². The Morgan fingerprint density at radius 1 is 1.29 bits per heavy atom. The lowest BCUT2D eigenvalue weighted by atomic mass is 9.78. The zero-order chi connectivity index (χ0) is 12.3. The molecule has 0 aromatic carbocycles. The van der Waals surface area contributed by atoms with Crippen molar-refractivity contribution >= 4 is 5.69 Å². The van der Waals surface area contributed by atoms with Crippen molar-refractivity contribution in [2.24, 2.45) is 11.8 Å². The van der Waals surface area contributed by atoms with Gasteiger partial charge in [-0.15, -0.1) is 0 Å². The minimum atomic E-state index is 0.529. The van der Waals surface area contributed by atoms with Gasteiger partial charge < -0.3 is 10.1 Å². The van der Waals surface area contributed by atoms with Crippen LogP contribution in [0.1, 0.15) is 33.1 Å². The first-order valence-electron chi connectivity index (χ1n) is 6.48. The van der Waals surface area contributed by atoms with Crippen LogP contribution in [0.2, 0.25) is 0 Å². The van der Waals surface area contributed by atoms with Crippen LogP contribution in [0.15, 0.2) is 18.3 Å². The van der Waals surface area contributed by atoms with Crippen LogP contribution in [-0.2, 0) is 0 Å². The molecule has 3 heteroatoms. The molecule has 0 aliphatic heterocycles. The number of nitrogens with zero attached hydrogens (tertiary/aromatic N) is 1. The van der Waals surface area contributed by atoms with Crippen LogP contribution < -0.4 is 10.1 Å². The molecule has 17 heavy (non-hydrogen) atoms. The van der Waals surface area contributed by atoms with Crippen LogP contribution in [0.25, 0.3) is 0 Å². The van der Waals surface area contributed by atoms with Crippen molar-refractivity contribution in [1.82, 2.24) is 4.98 Å². The van der Waals surface area contributed by atoms with Crippen LogP contribution in [-0.4, -0.2) is 18.1 Å². The maximum absolute atomic E-state index is 5.28. The fourth-order valence-corrected chi connectivity index (χ4v) is 2.81. The molecule has 1 aliphatic rings. The van der Waals surface area contributed by atoms with Crippen LogP contribution in [0.5, 0.6) is 5.88 Å². The van der Waals surface area contributed by atoms with E-state index in [4.69, 9.17) is 4.74 Å². The molecule has 1 aromatic heterocycles. The minimum Gasteiger partial charge on any atom is -0.480 e. The van der Waals surface area contributed by atoms with Crippen molar-refractivity contribution in [3.8, 4) is 5.88 Å². The standard InChI is InChI=1S/C14H22N2O/c1-10-6-4-7-11(2)13(10)16-12-8-5-9-15-14(12)17-3/h5,8-11,13,16H,4,6-7H2,1-3H3. The summed E-state index contributed by atoms with van der Waals surface area (Å²) in [5.41, 5.74) is 1.01. The van der Waals surface area contributed by atoms with Gasteiger partial charge in [0.05, 0.1) is 12.8 Å². The third-order valence-electron chi connectivity index (χ3n) is 3.83. The van der Waals surface area contributed by atoms with Gasteiger partial charge >= 0.3 is 0 Å². The maximum atomic E-state index is 5.28. The molecule has 1 heterocycles. The summed E-state index contributed by atoms with van der Waals surface area (Å²) in [4.78, 5) is 4.23. The summed E-state index contributed by atoms with van der Waals surface area (Å²) in [6.07, 6.45) is 5.73. The zero-order valence-electron chi connectivity index (χ0n) is 10.9. The highest BCUT2D eigenvalue weighted by Gasteiger charge is 2.28. The lowest BCUT2D eigenvalue weighted by Crippen LogP contribution is -2.37. The van der Waals surface area contributed by atoms with Crippen LogP contribution in [0.3, 0.4) is 0 Å². The molecular weight excluding hydrogens is 212 g/mol. The van der Waals surface area contributed by atoms with Gasteiger partial charge in [-0.3, -0.25) is 0 Å². The van der Waals surface area contributed by atoms with Gasteiger partial charge in [0.15, 0.2) is 0 Å². The molecule has 1 saturated carbocycles. The number of ether oxygens (including phenoxy) is 1. The Hall–Kier alpha value is -1.25. The van der Waals surface area contributed by atoms with E-state index in [1.807, 2.05) is 12.1 Å². The predicted octanol–water partition coefficient (Wildman–Crippen LogP) is 3.33. The third-order valence-corrected chi connectivity index (χ3v) is 3.83. The van der Waals surface area contributed by atoms with Gasteiger partial charge in [-0.05, 0) is 36.8 Å². The summed E-state index contributed by atoms with van der Waals surface area (Å²) in [6, 6.07) is 4.52. The highest BCUT2D eigenvalue weighted by Crippen LogP contribution is 2.33. The Kier molecular flexibility index (Phi) is 3.87. The van der Waals surface area contributed by atoms with E-state index >= 15 is 0 Å². The topological polar surface area (TPSA) is 34.1 Å². The molecule has 1 aromatic rings. The van der Waals surface area contributed by atoms with E-state index in [0.717, 1.165) is 5.69 Å². The first-order valence-corrected chi connectivity index (χ1v) is 6.48. The molecular formula is C14H22N2O. The Balaban J connectivity index is 2.13. The van der Waals surface area contributed by atoms with Crippen molar-refractivity contribution in [3.63, 3.8) is 0 Å². The number of hydrogen-bond acceptors (Lipinski definition) is 3. The molecule has 94 valence electrons. The summed E-state index contributed by atoms with van der Waals surface area (Å²) in [5.74, 6) is 2.12. The first kappa shape index (κ1) is 12.2. The number of aromatic nitrogens is 1. The minimum absolute atomic E-state index is 0.529. The lowest BCUT2D eigenvalue weighted by molar-refractivity contribution is 0.267. The average Bonchev–Trinajstić information content (AvgIpc) is 2.34. The second-order valence-corrected chi connectivity index (χ2v) is 5.12. The van der Waals surface area contributed by atoms with E-state index in [1.165, 1.54) is 19.3 Å². The summed E-state index contributed by atoms with van der Waals surface area (Å²) in [6.45, 7) is 4.66. The molecule has 1 fully saturated rings. The normalized spacial score (nSPS) is 28.8. The van der Waals surface area contributed by atoms with Crippen LogP contribution in [0, 0.1) is 11.8 Å². The molecule has 0 saturated heterocycles. The Morgan fingerprint density at radius 3 is 2.65 bits per heavy atom. The summed E-state index contributed by atoms with van der Waals surface area (Å²) < 4.78 is 5.28. The van der Waals surface area contributed by atoms with Crippen molar-refractivity contribution in [2.75, 3.05) is 12.4 Å². The van der Waals surface area contributed by atoms with Crippen LogP contribution in [0.4, 0.5) is 5.69 Å². The van der Waals surface area contributed by atoms with Gasteiger partial charge in [0, 0.05) is 12.2 Å². The highest BCUT2D eigenvalue weighted by molar-refractivity contribution is 5.52. The fourth-order valence-electron chi connectivity index (χ4n) is 2.81. The van der Waals surface area contributed by atoms with Gasteiger partial charge in [0.1, 0.15) is 0 Å². The summed E-state index contributed by atoms with van der Waals surface area (Å²) in [7, 11) is 1.67. The van der Waals surface area contributed by atoms with E-state index < -0.39 is 0 Å². The van der Waals surface area contributed by atoms with E-state index in [-0.39, 0.29) is 0 Å². The molecule has 2 unspecified atom stereocenters. The lowest BCUT2D eigenvalue weighted by Gasteiger charge is -2.36. The average molecular weight is 234 g/mol. The van der Waals surface area contributed by atoms with Gasteiger partial charge in [-0.25, -0.2) is 4.98 Å². The fraction of sp³-hybridized carbons (Fsp3) is 0.643. The maximum Gasteiger partial charge on any atom is 0.237 e. The number of methoxy groups -OCH3 is 1. The Bertz CT molecular complexity index is 357. The molecule has 2 atom stereocenters. The molecule has 3 nitrogen and oxygen atoms in total. The van der Waals surface area contributed by atoms with Crippen molar-refractivity contribution in [2.45, 2.75) is 39.2 Å². The monoisotopic (exact) mass is 234 g/mol. The molecule has 0 spiro atoms. The summed E-state index contributed by atoms with van der Waals surface area (Å²) in [5, 5.41) is 3.61.